The summed E-state index contributed by atoms with van der Waals surface area (Å²) in [5.41, 5.74) is 1.32. The lowest BCUT2D eigenvalue weighted by molar-refractivity contribution is -0.131. The highest BCUT2D eigenvalue weighted by Gasteiger charge is 2.51. The third kappa shape index (κ3) is 3.63. The fraction of sp³-hybridized carbons (Fsp3) is 0.409. The van der Waals surface area contributed by atoms with Crippen LogP contribution in [0.25, 0.3) is 0 Å². The number of nitrogens with one attached hydrogen (secondary N) is 1. The minimum absolute atomic E-state index is 0.277. The van der Waals surface area contributed by atoms with Gasteiger partial charge in [0.05, 0.1) is 13.2 Å². The Hall–Kier alpha value is -3.00. The van der Waals surface area contributed by atoms with Gasteiger partial charge in [0.2, 0.25) is 0 Å². The number of rotatable bonds is 8. The summed E-state index contributed by atoms with van der Waals surface area (Å²) in [6.45, 7) is 6.24. The summed E-state index contributed by atoms with van der Waals surface area (Å²) < 4.78 is 20.4. The molecule has 0 unspecified atom stereocenters. The molecular weight excluding hydrogens is 389 g/mol. The zero-order chi connectivity index (χ0) is 22.1. The molecule has 0 aliphatic carbocycles. The van der Waals surface area contributed by atoms with E-state index in [4.69, 9.17) is 4.74 Å². The van der Waals surface area contributed by atoms with Crippen molar-refractivity contribution in [3.8, 4) is 0 Å². The Bertz CT molecular complexity index is 983. The summed E-state index contributed by atoms with van der Waals surface area (Å²) in [4.78, 5) is 39.7. The number of methoxy groups -OCH3 is 1. The van der Waals surface area contributed by atoms with Crippen LogP contribution in [0.1, 0.15) is 40.7 Å². The van der Waals surface area contributed by atoms with Gasteiger partial charge >= 0.3 is 6.03 Å². The molecule has 0 spiro atoms. The molecule has 1 N–H and O–H groups in total. The van der Waals surface area contributed by atoms with E-state index >= 15 is 0 Å². The Morgan fingerprint density at radius 1 is 1.20 bits per heavy atom. The quantitative estimate of drug-likeness (QED) is 0.531. The van der Waals surface area contributed by atoms with E-state index < -0.39 is 23.3 Å². The first-order valence-electron chi connectivity index (χ1n) is 9.84. The third-order valence-electron chi connectivity index (χ3n) is 5.74. The smallest absolute Gasteiger partial charge is 0.325 e. The maximum atomic E-state index is 13.3. The largest absolute Gasteiger partial charge is 0.383 e. The van der Waals surface area contributed by atoms with E-state index in [-0.39, 0.29) is 18.7 Å². The molecular formula is C22H26FN3O4. The lowest BCUT2D eigenvalue weighted by Crippen LogP contribution is -2.43. The van der Waals surface area contributed by atoms with Gasteiger partial charge in [0.25, 0.3) is 5.91 Å². The van der Waals surface area contributed by atoms with Gasteiger partial charge in [-0.15, -0.1) is 0 Å². The minimum atomic E-state index is -1.31. The van der Waals surface area contributed by atoms with E-state index in [0.717, 1.165) is 16.3 Å². The molecule has 2 aromatic rings. The van der Waals surface area contributed by atoms with Crippen molar-refractivity contribution in [1.29, 1.82) is 0 Å². The zero-order valence-electron chi connectivity index (χ0n) is 17.6. The molecule has 3 amide bonds. The van der Waals surface area contributed by atoms with Crippen LogP contribution in [0.2, 0.25) is 0 Å². The van der Waals surface area contributed by atoms with E-state index in [1.54, 1.807) is 20.1 Å². The Balaban J connectivity index is 1.85. The summed E-state index contributed by atoms with van der Waals surface area (Å²) in [6, 6.07) is 6.58. The highest BCUT2D eigenvalue weighted by Crippen LogP contribution is 2.32. The van der Waals surface area contributed by atoms with E-state index in [1.165, 1.54) is 24.3 Å². The normalized spacial score (nSPS) is 18.8. The van der Waals surface area contributed by atoms with Gasteiger partial charge in [-0.2, -0.15) is 0 Å². The van der Waals surface area contributed by atoms with Crippen LogP contribution in [0.5, 0.6) is 0 Å². The number of halogens is 1. The maximum absolute atomic E-state index is 13.3. The number of aryl methyl sites for hydroxylation is 1. The number of imide groups is 1. The Morgan fingerprint density at radius 3 is 2.47 bits per heavy atom. The number of benzene rings is 1. The second-order valence-electron chi connectivity index (χ2n) is 7.44. The fourth-order valence-corrected chi connectivity index (χ4v) is 3.98. The minimum Gasteiger partial charge on any atom is -0.383 e. The SMILES string of the molecule is CC[C@@]1(c2ccc(F)cc2)NC(=O)N(CC(=O)c2cc(C)n(CCOC)c2C)C1=O. The average Bonchev–Trinajstić information content (AvgIpc) is 3.14. The number of Topliss-reactive ketones (excluding diaryl/α,β-unsaturated/α-hetero) is 1. The summed E-state index contributed by atoms with van der Waals surface area (Å²) >= 11 is 0. The van der Waals surface area contributed by atoms with Gasteiger partial charge in [-0.25, -0.2) is 9.18 Å². The number of ketones is 1. The first-order valence-corrected chi connectivity index (χ1v) is 9.84. The number of hydrogen-bond acceptors (Lipinski definition) is 4. The van der Waals surface area contributed by atoms with Crippen LogP contribution in [0.15, 0.2) is 30.3 Å². The molecule has 0 radical (unpaired) electrons. The molecule has 2 heterocycles. The molecule has 1 fully saturated rings. The first kappa shape index (κ1) is 21.7. The Kier molecular flexibility index (Phi) is 6.07. The molecule has 1 aliphatic heterocycles. The summed E-state index contributed by atoms with van der Waals surface area (Å²) in [5, 5.41) is 2.71. The molecule has 8 heteroatoms. The topological polar surface area (TPSA) is 80.6 Å². The molecule has 0 saturated carbocycles. The van der Waals surface area contributed by atoms with Gasteiger partial charge in [0.15, 0.2) is 5.78 Å². The van der Waals surface area contributed by atoms with Gasteiger partial charge in [0, 0.05) is 30.6 Å². The molecule has 1 aromatic carbocycles. The van der Waals surface area contributed by atoms with Crippen molar-refractivity contribution in [2.24, 2.45) is 0 Å². The molecule has 7 nitrogen and oxygen atoms in total. The molecule has 1 saturated heterocycles. The number of nitrogens with zero attached hydrogens (tertiary/aromatic N) is 2. The molecule has 1 atom stereocenters. The number of urea groups is 1. The second kappa shape index (κ2) is 8.39. The van der Waals surface area contributed by atoms with Crippen molar-refractivity contribution < 1.29 is 23.5 Å². The van der Waals surface area contributed by atoms with Crippen molar-refractivity contribution in [3.05, 3.63) is 58.7 Å². The predicted molar refractivity (Wildman–Crippen MR) is 109 cm³/mol. The molecule has 1 aromatic heterocycles. The number of ether oxygens (including phenoxy) is 1. The van der Waals surface area contributed by atoms with Gasteiger partial charge in [-0.1, -0.05) is 19.1 Å². The summed E-state index contributed by atoms with van der Waals surface area (Å²) in [5.74, 6) is -1.26. The monoisotopic (exact) mass is 415 g/mol. The van der Waals surface area contributed by atoms with Crippen LogP contribution in [-0.4, -0.2) is 47.4 Å². The van der Waals surface area contributed by atoms with Crippen LogP contribution < -0.4 is 5.32 Å². The molecule has 0 bridgehead atoms. The van der Waals surface area contributed by atoms with Crippen LogP contribution in [0, 0.1) is 19.7 Å². The standard InChI is InChI=1S/C22H26FN3O4/c1-5-22(16-6-8-17(23)9-7-16)20(28)26(21(29)24-22)13-19(27)18-12-14(2)25(15(18)3)10-11-30-4/h6-9,12H,5,10-11,13H2,1-4H3,(H,24,29)/t22-/m0/s1. The van der Waals surface area contributed by atoms with Crippen LogP contribution in [-0.2, 0) is 21.6 Å². The summed E-state index contributed by atoms with van der Waals surface area (Å²) in [7, 11) is 1.61. The number of carbonyl (C=O) groups is 3. The molecule has 30 heavy (non-hydrogen) atoms. The zero-order valence-corrected chi connectivity index (χ0v) is 17.6. The van der Waals surface area contributed by atoms with Crippen molar-refractivity contribution >= 4 is 17.7 Å². The van der Waals surface area contributed by atoms with Crippen molar-refractivity contribution in [1.82, 2.24) is 14.8 Å². The van der Waals surface area contributed by atoms with Gasteiger partial charge in [0.1, 0.15) is 11.4 Å². The number of aromatic nitrogens is 1. The van der Waals surface area contributed by atoms with E-state index in [0.29, 0.717) is 24.3 Å². The Morgan fingerprint density at radius 2 is 1.87 bits per heavy atom. The predicted octanol–water partition coefficient (Wildman–Crippen LogP) is 2.93. The van der Waals surface area contributed by atoms with Crippen LogP contribution >= 0.6 is 0 Å². The van der Waals surface area contributed by atoms with Gasteiger partial charge in [-0.3, -0.25) is 14.5 Å². The average molecular weight is 415 g/mol. The number of carbonyl (C=O) groups excluding carboxylic acids is 3. The summed E-state index contributed by atoms with van der Waals surface area (Å²) in [6.07, 6.45) is 0.277. The highest BCUT2D eigenvalue weighted by atomic mass is 19.1. The molecule has 1 aliphatic rings. The maximum Gasteiger partial charge on any atom is 0.325 e. The van der Waals surface area contributed by atoms with Crippen molar-refractivity contribution in [3.63, 3.8) is 0 Å². The van der Waals surface area contributed by atoms with E-state index in [1.807, 2.05) is 18.4 Å². The van der Waals surface area contributed by atoms with Crippen molar-refractivity contribution in [2.45, 2.75) is 39.3 Å². The third-order valence-corrected chi connectivity index (χ3v) is 5.74. The van der Waals surface area contributed by atoms with E-state index in [2.05, 4.69) is 5.32 Å². The van der Waals surface area contributed by atoms with Gasteiger partial charge < -0.3 is 14.6 Å². The Labute approximate surface area is 174 Å². The molecule has 3 rings (SSSR count). The van der Waals surface area contributed by atoms with E-state index in [9.17, 15) is 18.8 Å². The van der Waals surface area contributed by atoms with Gasteiger partial charge in [-0.05, 0) is 44.0 Å². The molecule has 160 valence electrons. The number of hydrogen-bond donors (Lipinski definition) is 1. The van der Waals surface area contributed by atoms with Crippen LogP contribution in [0.3, 0.4) is 0 Å². The first-order chi connectivity index (χ1) is 14.2. The fourth-order valence-electron chi connectivity index (χ4n) is 3.98. The lowest BCUT2D eigenvalue weighted by atomic mass is 9.87. The van der Waals surface area contributed by atoms with Crippen molar-refractivity contribution in [2.75, 3.05) is 20.3 Å². The number of amides is 3. The highest BCUT2D eigenvalue weighted by molar-refractivity contribution is 6.11. The second-order valence-corrected chi connectivity index (χ2v) is 7.44. The van der Waals surface area contributed by atoms with Crippen LogP contribution in [0.4, 0.5) is 9.18 Å². The lowest BCUT2D eigenvalue weighted by Gasteiger charge is -2.25.